The minimum Gasteiger partial charge on any atom is -0.497 e. The van der Waals surface area contributed by atoms with Gasteiger partial charge in [-0.15, -0.1) is 0 Å². The molecule has 0 aliphatic carbocycles. The Kier molecular flexibility index (Phi) is 6.54. The second-order valence-electron chi connectivity index (χ2n) is 7.17. The molecule has 0 amide bonds. The van der Waals surface area contributed by atoms with Crippen molar-refractivity contribution in [3.05, 3.63) is 29.8 Å². The second kappa shape index (κ2) is 7.68. The maximum Gasteiger partial charge on any atom is 0.119 e. The zero-order valence-electron chi connectivity index (χ0n) is 14.0. The molecule has 1 aromatic carbocycles. The van der Waals surface area contributed by atoms with Gasteiger partial charge in [-0.05, 0) is 54.5 Å². The monoisotopic (exact) mass is 277 g/mol. The van der Waals surface area contributed by atoms with Crippen LogP contribution in [0.5, 0.6) is 5.75 Å². The number of hydrogen-bond donors (Lipinski definition) is 1. The molecule has 114 valence electrons. The van der Waals surface area contributed by atoms with E-state index in [1.165, 1.54) is 5.56 Å². The van der Waals surface area contributed by atoms with E-state index >= 15 is 0 Å². The molecule has 0 fully saturated rings. The number of hydrogen-bond acceptors (Lipinski definition) is 2. The van der Waals surface area contributed by atoms with Gasteiger partial charge >= 0.3 is 0 Å². The molecule has 2 nitrogen and oxygen atoms in total. The van der Waals surface area contributed by atoms with Crippen LogP contribution in [-0.4, -0.2) is 20.2 Å². The molecule has 1 rings (SSSR count). The van der Waals surface area contributed by atoms with E-state index in [2.05, 4.69) is 58.1 Å². The quantitative estimate of drug-likeness (QED) is 0.808. The summed E-state index contributed by atoms with van der Waals surface area (Å²) in [7, 11) is 1.73. The SMILES string of the molecule is COc1cccc(CC(CNCC(C)C)C(C)(C)C)c1. The number of nitrogens with one attached hydrogen (secondary N) is 1. The number of ether oxygens (including phenoxy) is 1. The minimum absolute atomic E-state index is 0.299. The first-order chi connectivity index (χ1) is 9.32. The standard InChI is InChI=1S/C18H31NO/c1-14(2)12-19-13-16(18(3,4)5)10-15-8-7-9-17(11-15)20-6/h7-9,11,14,16,19H,10,12-13H2,1-6H3. The highest BCUT2D eigenvalue weighted by Crippen LogP contribution is 2.29. The first-order valence-corrected chi connectivity index (χ1v) is 7.66. The molecule has 0 radical (unpaired) electrons. The van der Waals surface area contributed by atoms with Gasteiger partial charge in [-0.1, -0.05) is 46.8 Å². The van der Waals surface area contributed by atoms with E-state index in [4.69, 9.17) is 4.74 Å². The fourth-order valence-corrected chi connectivity index (χ4v) is 2.31. The number of methoxy groups -OCH3 is 1. The van der Waals surface area contributed by atoms with Crippen molar-refractivity contribution in [2.24, 2.45) is 17.3 Å². The molecule has 2 heteroatoms. The Morgan fingerprint density at radius 2 is 1.85 bits per heavy atom. The third-order valence-electron chi connectivity index (χ3n) is 3.78. The van der Waals surface area contributed by atoms with Crippen LogP contribution in [0.25, 0.3) is 0 Å². The van der Waals surface area contributed by atoms with E-state index in [1.54, 1.807) is 7.11 Å². The first-order valence-electron chi connectivity index (χ1n) is 7.66. The van der Waals surface area contributed by atoms with Gasteiger partial charge in [0.25, 0.3) is 0 Å². The van der Waals surface area contributed by atoms with Gasteiger partial charge in [0.15, 0.2) is 0 Å². The second-order valence-corrected chi connectivity index (χ2v) is 7.17. The molecule has 20 heavy (non-hydrogen) atoms. The Hall–Kier alpha value is -1.02. The van der Waals surface area contributed by atoms with Gasteiger partial charge in [-0.25, -0.2) is 0 Å². The lowest BCUT2D eigenvalue weighted by Crippen LogP contribution is -2.35. The van der Waals surface area contributed by atoms with E-state index < -0.39 is 0 Å². The van der Waals surface area contributed by atoms with Gasteiger partial charge in [-0.2, -0.15) is 0 Å². The summed E-state index contributed by atoms with van der Waals surface area (Å²) in [6.45, 7) is 13.6. The van der Waals surface area contributed by atoms with Crippen molar-refractivity contribution >= 4 is 0 Å². The molecule has 1 aromatic rings. The topological polar surface area (TPSA) is 21.3 Å². The molecule has 0 bridgehead atoms. The van der Waals surface area contributed by atoms with Crippen LogP contribution in [0.1, 0.15) is 40.2 Å². The van der Waals surface area contributed by atoms with E-state index in [0.29, 0.717) is 17.3 Å². The summed E-state index contributed by atoms with van der Waals surface area (Å²) in [6, 6.07) is 8.44. The van der Waals surface area contributed by atoms with Crippen LogP contribution in [0.3, 0.4) is 0 Å². The van der Waals surface area contributed by atoms with Crippen molar-refractivity contribution in [1.82, 2.24) is 5.32 Å². The van der Waals surface area contributed by atoms with Crippen molar-refractivity contribution in [3.63, 3.8) is 0 Å². The van der Waals surface area contributed by atoms with Gasteiger partial charge in [0.2, 0.25) is 0 Å². The lowest BCUT2D eigenvalue weighted by molar-refractivity contribution is 0.228. The summed E-state index contributed by atoms with van der Waals surface area (Å²) in [5.41, 5.74) is 1.66. The zero-order valence-corrected chi connectivity index (χ0v) is 14.0. The summed E-state index contributed by atoms with van der Waals surface area (Å²) in [5.74, 6) is 2.27. The molecule has 1 unspecified atom stereocenters. The molecular weight excluding hydrogens is 246 g/mol. The maximum atomic E-state index is 5.32. The van der Waals surface area contributed by atoms with Crippen LogP contribution in [0.15, 0.2) is 24.3 Å². The predicted octanol–water partition coefficient (Wildman–Crippen LogP) is 4.15. The third kappa shape index (κ3) is 5.96. The fraction of sp³-hybridized carbons (Fsp3) is 0.667. The van der Waals surface area contributed by atoms with E-state index in [9.17, 15) is 0 Å². The van der Waals surface area contributed by atoms with Crippen LogP contribution in [0.4, 0.5) is 0 Å². The first kappa shape index (κ1) is 17.0. The number of benzene rings is 1. The van der Waals surface area contributed by atoms with Crippen LogP contribution in [0, 0.1) is 17.3 Å². The van der Waals surface area contributed by atoms with Crippen molar-refractivity contribution < 1.29 is 4.74 Å². The molecule has 1 N–H and O–H groups in total. The van der Waals surface area contributed by atoms with Crippen molar-refractivity contribution in [2.75, 3.05) is 20.2 Å². The average molecular weight is 277 g/mol. The molecule has 0 saturated carbocycles. The highest BCUT2D eigenvalue weighted by molar-refractivity contribution is 5.28. The largest absolute Gasteiger partial charge is 0.497 e. The van der Waals surface area contributed by atoms with Crippen LogP contribution >= 0.6 is 0 Å². The van der Waals surface area contributed by atoms with Crippen molar-refractivity contribution in [1.29, 1.82) is 0 Å². The molecule has 0 aliphatic heterocycles. The summed E-state index contributed by atoms with van der Waals surface area (Å²) < 4.78 is 5.32. The molecule has 0 heterocycles. The summed E-state index contributed by atoms with van der Waals surface area (Å²) in [4.78, 5) is 0. The van der Waals surface area contributed by atoms with Gasteiger partial charge in [0.05, 0.1) is 7.11 Å². The van der Waals surface area contributed by atoms with Crippen LogP contribution in [0.2, 0.25) is 0 Å². The van der Waals surface area contributed by atoms with Crippen LogP contribution in [-0.2, 0) is 6.42 Å². The minimum atomic E-state index is 0.299. The Morgan fingerprint density at radius 1 is 1.15 bits per heavy atom. The van der Waals surface area contributed by atoms with E-state index in [1.807, 2.05) is 6.07 Å². The molecule has 0 aromatic heterocycles. The normalized spacial score (nSPS) is 13.6. The Labute approximate surface area is 124 Å². The average Bonchev–Trinajstić information content (AvgIpc) is 2.36. The lowest BCUT2D eigenvalue weighted by atomic mass is 9.77. The predicted molar refractivity (Wildman–Crippen MR) is 87.4 cm³/mol. The summed E-state index contributed by atoms with van der Waals surface area (Å²) in [5, 5.41) is 3.61. The maximum absolute atomic E-state index is 5.32. The summed E-state index contributed by atoms with van der Waals surface area (Å²) >= 11 is 0. The molecule has 0 aliphatic rings. The van der Waals surface area contributed by atoms with E-state index in [0.717, 1.165) is 25.3 Å². The highest BCUT2D eigenvalue weighted by atomic mass is 16.5. The van der Waals surface area contributed by atoms with Gasteiger partial charge in [0, 0.05) is 0 Å². The molecule has 1 atom stereocenters. The summed E-state index contributed by atoms with van der Waals surface area (Å²) in [6.07, 6.45) is 1.09. The van der Waals surface area contributed by atoms with Gasteiger partial charge in [0.1, 0.15) is 5.75 Å². The Balaban J connectivity index is 2.68. The third-order valence-corrected chi connectivity index (χ3v) is 3.78. The van der Waals surface area contributed by atoms with Gasteiger partial charge in [-0.3, -0.25) is 0 Å². The number of rotatable bonds is 7. The lowest BCUT2D eigenvalue weighted by Gasteiger charge is -2.31. The Bertz CT molecular complexity index is 393. The molecule has 0 saturated heterocycles. The van der Waals surface area contributed by atoms with Gasteiger partial charge < -0.3 is 10.1 Å². The van der Waals surface area contributed by atoms with Crippen molar-refractivity contribution in [3.8, 4) is 5.75 Å². The molecule has 0 spiro atoms. The molecular formula is C18H31NO. The highest BCUT2D eigenvalue weighted by Gasteiger charge is 2.24. The van der Waals surface area contributed by atoms with Crippen molar-refractivity contribution in [2.45, 2.75) is 41.0 Å². The zero-order chi connectivity index (χ0) is 15.2. The van der Waals surface area contributed by atoms with E-state index in [-0.39, 0.29) is 0 Å². The fourth-order valence-electron chi connectivity index (χ4n) is 2.31. The smallest absolute Gasteiger partial charge is 0.119 e. The Morgan fingerprint density at radius 3 is 2.40 bits per heavy atom. The van der Waals surface area contributed by atoms with Crippen LogP contribution < -0.4 is 10.1 Å².